The maximum absolute atomic E-state index is 11.3. The molecule has 4 nitrogen and oxygen atoms in total. The smallest absolute Gasteiger partial charge is 0.234 e. The molecule has 0 aromatic carbocycles. The topological polar surface area (TPSA) is 54.0 Å². The lowest BCUT2D eigenvalue weighted by molar-refractivity contribution is -0.122. The predicted molar refractivity (Wildman–Crippen MR) is 58.7 cm³/mol. The number of pyridine rings is 1. The highest BCUT2D eigenvalue weighted by Gasteiger charge is 2.02. The molecule has 2 N–H and O–H groups in total. The standard InChI is InChI=1S/C11H17N3O/c1-9(2)6-11(15)14-13-8-10-4-3-5-12-7-10/h3-5,7,9,13H,6,8H2,1-2H3,(H,14,15). The number of hydrazine groups is 1. The number of nitrogens with one attached hydrogen (secondary N) is 2. The molecule has 0 fully saturated rings. The van der Waals surface area contributed by atoms with Crippen molar-refractivity contribution < 1.29 is 4.79 Å². The second-order valence-electron chi connectivity index (χ2n) is 3.86. The molecule has 1 heterocycles. The van der Waals surface area contributed by atoms with E-state index >= 15 is 0 Å². The molecule has 0 radical (unpaired) electrons. The van der Waals surface area contributed by atoms with Crippen molar-refractivity contribution in [2.75, 3.05) is 0 Å². The van der Waals surface area contributed by atoms with Crippen molar-refractivity contribution >= 4 is 5.91 Å². The highest BCUT2D eigenvalue weighted by molar-refractivity contribution is 5.75. The van der Waals surface area contributed by atoms with Gasteiger partial charge in [-0.25, -0.2) is 5.43 Å². The summed E-state index contributed by atoms with van der Waals surface area (Å²) >= 11 is 0. The molecule has 0 saturated carbocycles. The zero-order valence-electron chi connectivity index (χ0n) is 9.16. The van der Waals surface area contributed by atoms with Crippen LogP contribution in [-0.2, 0) is 11.3 Å². The van der Waals surface area contributed by atoms with E-state index in [1.54, 1.807) is 12.4 Å². The fourth-order valence-corrected chi connectivity index (χ4v) is 1.17. The zero-order chi connectivity index (χ0) is 11.1. The van der Waals surface area contributed by atoms with Crippen LogP contribution in [0, 0.1) is 5.92 Å². The molecule has 0 aliphatic rings. The van der Waals surface area contributed by atoms with Gasteiger partial charge in [0.2, 0.25) is 5.91 Å². The molecule has 0 aliphatic carbocycles. The minimum Gasteiger partial charge on any atom is -0.291 e. The predicted octanol–water partition coefficient (Wildman–Crippen LogP) is 1.25. The Bertz CT molecular complexity index is 298. The van der Waals surface area contributed by atoms with E-state index in [1.165, 1.54) is 0 Å². The first-order chi connectivity index (χ1) is 7.18. The molecular weight excluding hydrogens is 190 g/mol. The summed E-state index contributed by atoms with van der Waals surface area (Å²) in [5.41, 5.74) is 6.56. The minimum atomic E-state index is 0.0221. The first-order valence-electron chi connectivity index (χ1n) is 5.09. The van der Waals surface area contributed by atoms with Crippen molar-refractivity contribution in [3.63, 3.8) is 0 Å². The molecule has 1 amide bonds. The second-order valence-corrected chi connectivity index (χ2v) is 3.86. The summed E-state index contributed by atoms with van der Waals surface area (Å²) in [5, 5.41) is 0. The number of carbonyl (C=O) groups is 1. The lowest BCUT2D eigenvalue weighted by Crippen LogP contribution is -2.37. The molecule has 15 heavy (non-hydrogen) atoms. The summed E-state index contributed by atoms with van der Waals surface area (Å²) in [5.74, 6) is 0.402. The zero-order valence-corrected chi connectivity index (χ0v) is 9.16. The molecule has 1 rings (SSSR count). The first kappa shape index (κ1) is 11.7. The molecule has 0 unspecified atom stereocenters. The monoisotopic (exact) mass is 207 g/mol. The highest BCUT2D eigenvalue weighted by atomic mass is 16.2. The normalized spacial score (nSPS) is 10.3. The van der Waals surface area contributed by atoms with Crippen molar-refractivity contribution in [2.24, 2.45) is 5.92 Å². The Morgan fingerprint density at radius 3 is 2.93 bits per heavy atom. The first-order valence-corrected chi connectivity index (χ1v) is 5.09. The SMILES string of the molecule is CC(C)CC(=O)NNCc1cccnc1. The number of nitrogens with zero attached hydrogens (tertiary/aromatic N) is 1. The average Bonchev–Trinajstić information content (AvgIpc) is 2.18. The van der Waals surface area contributed by atoms with Crippen LogP contribution in [0.3, 0.4) is 0 Å². The van der Waals surface area contributed by atoms with E-state index in [9.17, 15) is 4.79 Å². The van der Waals surface area contributed by atoms with Crippen LogP contribution in [0.5, 0.6) is 0 Å². The molecule has 0 atom stereocenters. The average molecular weight is 207 g/mol. The maximum atomic E-state index is 11.3. The van der Waals surface area contributed by atoms with Gasteiger partial charge >= 0.3 is 0 Å². The quantitative estimate of drug-likeness (QED) is 0.714. The van der Waals surface area contributed by atoms with Crippen molar-refractivity contribution in [2.45, 2.75) is 26.8 Å². The Kier molecular flexibility index (Phi) is 4.77. The maximum Gasteiger partial charge on any atom is 0.234 e. The highest BCUT2D eigenvalue weighted by Crippen LogP contribution is 1.97. The third-order valence-electron chi connectivity index (χ3n) is 1.84. The van der Waals surface area contributed by atoms with Gasteiger partial charge in [-0.15, -0.1) is 0 Å². The fraction of sp³-hybridized carbons (Fsp3) is 0.455. The Morgan fingerprint density at radius 2 is 2.33 bits per heavy atom. The largest absolute Gasteiger partial charge is 0.291 e. The van der Waals surface area contributed by atoms with Crippen molar-refractivity contribution in [3.05, 3.63) is 30.1 Å². The van der Waals surface area contributed by atoms with Gasteiger partial charge in [-0.05, 0) is 17.5 Å². The van der Waals surface area contributed by atoms with Gasteiger partial charge in [-0.3, -0.25) is 15.2 Å². The number of aromatic nitrogens is 1. The van der Waals surface area contributed by atoms with Crippen molar-refractivity contribution in [1.29, 1.82) is 0 Å². The van der Waals surface area contributed by atoms with Crippen LogP contribution >= 0.6 is 0 Å². The van der Waals surface area contributed by atoms with Gasteiger partial charge in [0.25, 0.3) is 0 Å². The fourth-order valence-electron chi connectivity index (χ4n) is 1.17. The van der Waals surface area contributed by atoms with E-state index in [2.05, 4.69) is 15.8 Å². The number of rotatable bonds is 5. The van der Waals surface area contributed by atoms with Gasteiger partial charge in [-0.2, -0.15) is 0 Å². The van der Waals surface area contributed by atoms with E-state index in [0.29, 0.717) is 18.9 Å². The van der Waals surface area contributed by atoms with Crippen molar-refractivity contribution in [3.8, 4) is 0 Å². The molecule has 0 aliphatic heterocycles. The van der Waals surface area contributed by atoms with Crippen LogP contribution in [0.15, 0.2) is 24.5 Å². The molecule has 1 aromatic heterocycles. The Balaban J connectivity index is 2.19. The number of carbonyl (C=O) groups excluding carboxylic acids is 1. The third kappa shape index (κ3) is 5.12. The van der Waals surface area contributed by atoms with Crippen LogP contribution < -0.4 is 10.9 Å². The van der Waals surface area contributed by atoms with Gasteiger partial charge in [0, 0.05) is 25.4 Å². The van der Waals surface area contributed by atoms with Crippen LogP contribution in [0.1, 0.15) is 25.8 Å². The van der Waals surface area contributed by atoms with E-state index < -0.39 is 0 Å². The molecule has 0 bridgehead atoms. The van der Waals surface area contributed by atoms with Crippen LogP contribution in [0.2, 0.25) is 0 Å². The molecule has 0 saturated heterocycles. The van der Waals surface area contributed by atoms with Crippen molar-refractivity contribution in [1.82, 2.24) is 15.8 Å². The number of amides is 1. The van der Waals surface area contributed by atoms with Crippen LogP contribution in [-0.4, -0.2) is 10.9 Å². The Morgan fingerprint density at radius 1 is 1.53 bits per heavy atom. The van der Waals surface area contributed by atoms with Gasteiger partial charge in [0.1, 0.15) is 0 Å². The lowest BCUT2D eigenvalue weighted by atomic mass is 10.1. The minimum absolute atomic E-state index is 0.0221. The molecule has 4 heteroatoms. The summed E-state index contributed by atoms with van der Waals surface area (Å²) in [6.45, 7) is 4.62. The van der Waals surface area contributed by atoms with Gasteiger partial charge in [0.15, 0.2) is 0 Å². The summed E-state index contributed by atoms with van der Waals surface area (Å²) in [4.78, 5) is 15.2. The lowest BCUT2D eigenvalue weighted by Gasteiger charge is -2.08. The number of hydrogen-bond donors (Lipinski definition) is 2. The van der Waals surface area contributed by atoms with Gasteiger partial charge in [-0.1, -0.05) is 19.9 Å². The van der Waals surface area contributed by atoms with E-state index in [-0.39, 0.29) is 5.91 Å². The van der Waals surface area contributed by atoms with E-state index in [4.69, 9.17) is 0 Å². The van der Waals surface area contributed by atoms with E-state index in [1.807, 2.05) is 26.0 Å². The summed E-state index contributed by atoms with van der Waals surface area (Å²) in [6.07, 6.45) is 4.03. The van der Waals surface area contributed by atoms with E-state index in [0.717, 1.165) is 5.56 Å². The second kappa shape index (κ2) is 6.14. The van der Waals surface area contributed by atoms with Crippen LogP contribution in [0.25, 0.3) is 0 Å². The summed E-state index contributed by atoms with van der Waals surface area (Å²) in [6, 6.07) is 3.82. The molecule has 82 valence electrons. The Hall–Kier alpha value is -1.42. The summed E-state index contributed by atoms with van der Waals surface area (Å²) < 4.78 is 0. The number of hydrogen-bond acceptors (Lipinski definition) is 3. The third-order valence-corrected chi connectivity index (χ3v) is 1.84. The van der Waals surface area contributed by atoms with Crippen LogP contribution in [0.4, 0.5) is 0 Å². The Labute approximate surface area is 90.1 Å². The molecular formula is C11H17N3O. The molecule has 0 spiro atoms. The summed E-state index contributed by atoms with van der Waals surface area (Å²) in [7, 11) is 0. The van der Waals surface area contributed by atoms with Gasteiger partial charge in [0.05, 0.1) is 0 Å². The van der Waals surface area contributed by atoms with Gasteiger partial charge < -0.3 is 0 Å². The molecule has 1 aromatic rings.